The monoisotopic (exact) mass is 405 g/mol. The minimum atomic E-state index is -6.60. The summed E-state index contributed by atoms with van der Waals surface area (Å²) in [7, 11) is -13.2. The van der Waals surface area contributed by atoms with Crippen LogP contribution < -0.4 is 4.13 Å². The molecule has 7 nitrogen and oxygen atoms in total. The number of alkyl halides is 6. The van der Waals surface area contributed by atoms with Crippen molar-refractivity contribution in [2.75, 3.05) is 0 Å². The Kier molecular flexibility index (Phi) is 7.69. The van der Waals surface area contributed by atoms with Crippen LogP contribution in [0.5, 0.6) is 0 Å². The predicted octanol–water partition coefficient (Wildman–Crippen LogP) is 1.96. The van der Waals surface area contributed by atoms with Gasteiger partial charge in [0.15, 0.2) is 0 Å². The topological polar surface area (TPSA) is 98.1 Å². The molecule has 0 saturated carbocycles. The van der Waals surface area contributed by atoms with Gasteiger partial charge < -0.3 is 4.57 Å². The Bertz CT molecular complexity index is 653. The second-order valence-electron chi connectivity index (χ2n) is 4.14. The zero-order valence-electron chi connectivity index (χ0n) is 12.0. The normalized spacial score (nSPS) is 13.3. The highest BCUT2D eigenvalue weighted by Crippen LogP contribution is 2.27. The van der Waals surface area contributed by atoms with Crippen molar-refractivity contribution in [3.63, 3.8) is 0 Å². The van der Waals surface area contributed by atoms with E-state index in [9.17, 15) is 43.2 Å². The lowest BCUT2D eigenvalue weighted by molar-refractivity contribution is -0.0476. The summed E-state index contributed by atoms with van der Waals surface area (Å²) in [5.74, 6) is 0. The molecule has 0 aliphatic carbocycles. The van der Waals surface area contributed by atoms with E-state index in [1.165, 1.54) is 12.8 Å². The number of sulfonamides is 2. The van der Waals surface area contributed by atoms with Crippen LogP contribution in [0, 0.1) is 0 Å². The Hall–Kier alpha value is -1.35. The fourth-order valence-corrected chi connectivity index (χ4v) is 2.91. The van der Waals surface area contributed by atoms with Gasteiger partial charge in [-0.1, -0.05) is 17.5 Å². The van der Waals surface area contributed by atoms with Gasteiger partial charge in [-0.3, -0.25) is 0 Å². The van der Waals surface area contributed by atoms with Crippen molar-refractivity contribution in [1.29, 1.82) is 0 Å². The number of nitrogens with zero attached hydrogens (tertiary/aromatic N) is 2. The minimum Gasteiger partial charge on any atom is -0.337 e. The van der Waals surface area contributed by atoms with Gasteiger partial charge in [0, 0.05) is 18.9 Å². The van der Waals surface area contributed by atoms with E-state index in [-0.39, 0.29) is 0 Å². The first kappa shape index (κ1) is 22.6. The van der Waals surface area contributed by atoms with Gasteiger partial charge in [0.25, 0.3) is 0 Å². The van der Waals surface area contributed by atoms with Gasteiger partial charge >= 0.3 is 31.1 Å². The molecule has 1 aromatic rings. The highest BCUT2D eigenvalue weighted by Gasteiger charge is 2.55. The Morgan fingerprint density at radius 1 is 1.00 bits per heavy atom. The molecule has 1 rings (SSSR count). The van der Waals surface area contributed by atoms with Crippen LogP contribution in [0.4, 0.5) is 26.3 Å². The van der Waals surface area contributed by atoms with Crippen molar-refractivity contribution in [2.45, 2.75) is 37.3 Å². The highest BCUT2D eigenvalue weighted by molar-refractivity contribution is 8.05. The van der Waals surface area contributed by atoms with E-state index in [4.69, 9.17) is 0 Å². The van der Waals surface area contributed by atoms with Crippen LogP contribution >= 0.6 is 0 Å². The third-order valence-corrected chi connectivity index (χ3v) is 5.13. The molecular weight excluding hydrogens is 392 g/mol. The molecule has 15 heteroatoms. The zero-order valence-corrected chi connectivity index (χ0v) is 13.6. The molecule has 0 spiro atoms. The van der Waals surface area contributed by atoms with Crippen LogP contribution in [0.25, 0.3) is 0 Å². The molecular formula is C9H13F6N3O4S2. The van der Waals surface area contributed by atoms with Crippen LogP contribution in [0.3, 0.4) is 0 Å². The summed E-state index contributed by atoms with van der Waals surface area (Å²) in [6.45, 7) is 3.30. The lowest BCUT2D eigenvalue weighted by Crippen LogP contribution is -2.45. The van der Waals surface area contributed by atoms with Crippen molar-refractivity contribution < 1.29 is 43.2 Å². The molecule has 0 saturated heterocycles. The second kappa shape index (κ2) is 8.15. The van der Waals surface area contributed by atoms with Crippen LogP contribution in [0.15, 0.2) is 18.7 Å². The molecule has 0 atom stereocenters. The van der Waals surface area contributed by atoms with Gasteiger partial charge in [-0.15, -0.1) is 0 Å². The number of nitrogens with one attached hydrogen (secondary N) is 1. The molecule has 1 aromatic heterocycles. The Morgan fingerprint density at radius 2 is 1.46 bits per heavy atom. The van der Waals surface area contributed by atoms with Gasteiger partial charge in [-0.25, -0.2) is 21.8 Å². The number of halogens is 6. The summed E-state index contributed by atoms with van der Waals surface area (Å²) in [6, 6.07) is 0. The van der Waals surface area contributed by atoms with E-state index in [0.717, 1.165) is 6.54 Å². The number of unbranched alkanes of at least 4 members (excludes halogenated alkanes) is 1. The summed E-state index contributed by atoms with van der Waals surface area (Å²) in [5.41, 5.74) is -12.3. The van der Waals surface area contributed by atoms with Crippen LogP contribution in [0.1, 0.15) is 19.8 Å². The summed E-state index contributed by atoms with van der Waals surface area (Å²) >= 11 is 0. The van der Waals surface area contributed by atoms with Crippen LogP contribution in [-0.2, 0) is 26.6 Å². The van der Waals surface area contributed by atoms with Gasteiger partial charge in [0.1, 0.15) is 0 Å². The van der Waals surface area contributed by atoms with Crippen molar-refractivity contribution in [2.24, 2.45) is 0 Å². The lowest BCUT2D eigenvalue weighted by atomic mass is 10.3. The van der Waals surface area contributed by atoms with E-state index in [1.807, 2.05) is 18.7 Å². The number of hydrogen-bond acceptors (Lipinski definition) is 5. The third kappa shape index (κ3) is 7.04. The molecule has 142 valence electrons. The number of rotatable bonds is 5. The Labute approximate surface area is 133 Å². The molecule has 1 heterocycles. The van der Waals surface area contributed by atoms with E-state index < -0.39 is 35.2 Å². The molecule has 0 amide bonds. The van der Waals surface area contributed by atoms with Gasteiger partial charge in [-0.2, -0.15) is 26.3 Å². The summed E-state index contributed by atoms with van der Waals surface area (Å²) < 4.78 is 110. The number of aryl methyl sites for hydroxylation is 1. The first-order valence-corrected chi connectivity index (χ1v) is 8.97. The summed E-state index contributed by atoms with van der Waals surface area (Å²) in [4.78, 5) is 3.94. The largest absolute Gasteiger partial charge is 0.512 e. The van der Waals surface area contributed by atoms with Gasteiger partial charge in [-0.05, 0) is 6.42 Å². The van der Waals surface area contributed by atoms with E-state index in [2.05, 4.69) is 16.5 Å². The minimum absolute atomic E-state index is 0.493. The molecule has 0 radical (unpaired) electrons. The number of hydrogen-bond donors (Lipinski definition) is 1. The molecule has 0 fully saturated rings. The molecule has 0 bridgehead atoms. The highest BCUT2D eigenvalue weighted by atomic mass is 32.3. The Morgan fingerprint density at radius 3 is 1.75 bits per heavy atom. The molecule has 0 aliphatic rings. The first-order valence-electron chi connectivity index (χ1n) is 6.01. The molecule has 0 aliphatic heterocycles. The van der Waals surface area contributed by atoms with Crippen molar-refractivity contribution in [3.8, 4) is 0 Å². The van der Waals surface area contributed by atoms with Gasteiger partial charge in [0.2, 0.25) is 0 Å². The standard InChI is InChI=1S/C7H12N2.C2HF6NO4S2/c1-2-3-5-9-6-4-8-7-9;3-1(4,5)14(10,11)9-15(12,13)2(6,7)8/h4,6-7H,2-3,5H2,1H3;9H. The average Bonchev–Trinajstić information content (AvgIpc) is 2.86. The van der Waals surface area contributed by atoms with Crippen molar-refractivity contribution >= 4 is 20.0 Å². The SMILES string of the molecule is CCCCn1ccnc1.O=S(=O)(NS(=O)(=O)C(F)(F)F)C(F)(F)F. The molecule has 1 N–H and O–H groups in total. The fourth-order valence-electron chi connectivity index (χ4n) is 0.999. The third-order valence-electron chi connectivity index (χ3n) is 2.16. The van der Waals surface area contributed by atoms with Crippen LogP contribution in [0.2, 0.25) is 0 Å². The summed E-state index contributed by atoms with van der Waals surface area (Å²) in [6.07, 6.45) is 8.16. The molecule has 0 aromatic carbocycles. The average molecular weight is 405 g/mol. The fraction of sp³-hybridized carbons (Fsp3) is 0.667. The maximum atomic E-state index is 11.5. The second-order valence-corrected chi connectivity index (χ2v) is 7.74. The number of aromatic nitrogens is 2. The Balaban J connectivity index is 0.000000496. The van der Waals surface area contributed by atoms with Crippen LogP contribution in [-0.4, -0.2) is 37.4 Å². The lowest BCUT2D eigenvalue weighted by Gasteiger charge is -2.11. The van der Waals surface area contributed by atoms with E-state index in [1.54, 1.807) is 0 Å². The van der Waals surface area contributed by atoms with E-state index >= 15 is 0 Å². The van der Waals surface area contributed by atoms with E-state index in [0.29, 0.717) is 0 Å². The first-order chi connectivity index (χ1) is 10.6. The molecule has 0 unspecified atom stereocenters. The predicted molar refractivity (Wildman–Crippen MR) is 70.2 cm³/mol. The molecule has 24 heavy (non-hydrogen) atoms. The maximum absolute atomic E-state index is 11.5. The maximum Gasteiger partial charge on any atom is 0.512 e. The van der Waals surface area contributed by atoms with Gasteiger partial charge in [0.05, 0.1) is 6.33 Å². The smallest absolute Gasteiger partial charge is 0.337 e. The van der Waals surface area contributed by atoms with Crippen molar-refractivity contribution in [1.82, 2.24) is 13.7 Å². The van der Waals surface area contributed by atoms with Crippen molar-refractivity contribution in [3.05, 3.63) is 18.7 Å². The summed E-state index contributed by atoms with van der Waals surface area (Å²) in [5, 5.41) is 0. The number of imidazole rings is 1. The zero-order chi connectivity index (χ0) is 19.2. The quantitative estimate of drug-likeness (QED) is 0.756.